The van der Waals surface area contributed by atoms with E-state index in [-0.39, 0.29) is 0 Å². The largest absolute Gasteiger partial charge is 0.380 e. The zero-order valence-electron chi connectivity index (χ0n) is 9.79. The number of rotatable bonds is 3. The van der Waals surface area contributed by atoms with Gasteiger partial charge in [-0.1, -0.05) is 30.7 Å². The fraction of sp³-hybridized carbons (Fsp3) is 0.308. The molecule has 0 radical (unpaired) electrons. The maximum atomic E-state index is 9.24. The number of hydrogen-bond acceptors (Lipinski definition) is 2. The van der Waals surface area contributed by atoms with E-state index < -0.39 is 0 Å². The first kappa shape index (κ1) is 12.6. The van der Waals surface area contributed by atoms with E-state index in [1.165, 1.54) is 0 Å². The Bertz CT molecular complexity index is 441. The molecule has 0 amide bonds. The van der Waals surface area contributed by atoms with Crippen LogP contribution in [0.5, 0.6) is 0 Å². The van der Waals surface area contributed by atoms with E-state index in [9.17, 15) is 5.26 Å². The molecule has 84 valence electrons. The van der Waals surface area contributed by atoms with Crippen molar-refractivity contribution in [1.29, 1.82) is 5.26 Å². The molecule has 0 aromatic heterocycles. The van der Waals surface area contributed by atoms with Crippen LogP contribution < -0.4 is 0 Å². The Hall–Kier alpha value is -1.46. The molecule has 0 aliphatic rings. The minimum absolute atomic E-state index is 0.652. The molecule has 1 aromatic rings. The van der Waals surface area contributed by atoms with Crippen LogP contribution in [0.4, 0.5) is 0 Å². The molecular weight excluding hydrogens is 220 g/mol. The molecular formula is C13H15ClN2. The third-order valence-corrected chi connectivity index (χ3v) is 2.62. The Labute approximate surface area is 102 Å². The van der Waals surface area contributed by atoms with Crippen LogP contribution in [0.15, 0.2) is 30.0 Å². The molecule has 0 saturated carbocycles. The lowest BCUT2D eigenvalue weighted by Crippen LogP contribution is -2.12. The summed E-state index contributed by atoms with van der Waals surface area (Å²) >= 11 is 5.93. The number of benzene rings is 1. The van der Waals surface area contributed by atoms with Crippen LogP contribution in [0.3, 0.4) is 0 Å². The molecule has 1 rings (SSSR count). The lowest BCUT2D eigenvalue weighted by atomic mass is 10.0. The minimum atomic E-state index is 0.652. The topological polar surface area (TPSA) is 27.0 Å². The lowest BCUT2D eigenvalue weighted by molar-refractivity contribution is 0.497. The van der Waals surface area contributed by atoms with Gasteiger partial charge in [0.25, 0.3) is 0 Å². The second kappa shape index (κ2) is 5.58. The van der Waals surface area contributed by atoms with Crippen molar-refractivity contribution in [1.82, 2.24) is 4.90 Å². The fourth-order valence-corrected chi connectivity index (χ4v) is 1.85. The third kappa shape index (κ3) is 2.77. The molecule has 0 spiro atoms. The Kier molecular flexibility index (Phi) is 4.39. The highest BCUT2D eigenvalue weighted by atomic mass is 35.5. The molecule has 2 nitrogen and oxygen atoms in total. The summed E-state index contributed by atoms with van der Waals surface area (Å²) in [5.74, 6) is 0. The molecule has 1 aromatic carbocycles. The Morgan fingerprint density at radius 2 is 2.12 bits per heavy atom. The molecule has 0 N–H and O–H groups in total. The lowest BCUT2D eigenvalue weighted by Gasteiger charge is -2.18. The number of hydrogen-bond donors (Lipinski definition) is 0. The second-order valence-electron chi connectivity index (χ2n) is 3.69. The van der Waals surface area contributed by atoms with E-state index in [0.717, 1.165) is 17.7 Å². The van der Waals surface area contributed by atoms with E-state index in [1.54, 1.807) is 6.07 Å². The zero-order chi connectivity index (χ0) is 12.1. The summed E-state index contributed by atoms with van der Waals surface area (Å²) in [5.41, 5.74) is 2.58. The molecule has 0 aliphatic heterocycles. The predicted molar refractivity (Wildman–Crippen MR) is 68.0 cm³/mol. The summed E-state index contributed by atoms with van der Waals surface area (Å²) in [6.45, 7) is 2.04. The molecule has 0 heterocycles. The summed E-state index contributed by atoms with van der Waals surface area (Å²) in [6, 6.07) is 9.65. The van der Waals surface area contributed by atoms with Gasteiger partial charge in [0, 0.05) is 24.8 Å². The van der Waals surface area contributed by atoms with Crippen molar-refractivity contribution < 1.29 is 0 Å². The summed E-state index contributed by atoms with van der Waals surface area (Å²) < 4.78 is 0. The normalized spacial score (nSPS) is 11.7. The number of nitrogens with zero attached hydrogens (tertiary/aromatic N) is 2. The minimum Gasteiger partial charge on any atom is -0.380 e. The van der Waals surface area contributed by atoms with Gasteiger partial charge in [-0.3, -0.25) is 0 Å². The van der Waals surface area contributed by atoms with Crippen LogP contribution in [-0.2, 0) is 0 Å². The molecule has 0 bridgehead atoms. The first-order chi connectivity index (χ1) is 7.60. The fourth-order valence-electron chi connectivity index (χ4n) is 1.66. The van der Waals surface area contributed by atoms with Gasteiger partial charge >= 0.3 is 0 Å². The van der Waals surface area contributed by atoms with Gasteiger partial charge in [-0.05, 0) is 24.1 Å². The van der Waals surface area contributed by atoms with E-state index in [1.807, 2.05) is 44.1 Å². The molecule has 0 aliphatic carbocycles. The molecule has 3 heteroatoms. The predicted octanol–water partition coefficient (Wildman–Crippen LogP) is 3.55. The van der Waals surface area contributed by atoms with Crippen molar-refractivity contribution in [2.24, 2.45) is 0 Å². The zero-order valence-corrected chi connectivity index (χ0v) is 10.5. The van der Waals surface area contributed by atoms with E-state index in [4.69, 9.17) is 11.6 Å². The Morgan fingerprint density at radius 1 is 1.44 bits per heavy atom. The van der Waals surface area contributed by atoms with Crippen molar-refractivity contribution >= 4 is 17.2 Å². The van der Waals surface area contributed by atoms with Crippen LogP contribution in [0.2, 0.25) is 5.02 Å². The van der Waals surface area contributed by atoms with Gasteiger partial charge in [-0.2, -0.15) is 5.26 Å². The van der Waals surface area contributed by atoms with Gasteiger partial charge < -0.3 is 4.90 Å². The van der Waals surface area contributed by atoms with Crippen LogP contribution in [0.1, 0.15) is 18.9 Å². The smallest absolute Gasteiger partial charge is 0.102 e. The van der Waals surface area contributed by atoms with Crippen molar-refractivity contribution in [3.05, 3.63) is 40.5 Å². The van der Waals surface area contributed by atoms with Gasteiger partial charge in [-0.15, -0.1) is 0 Å². The van der Waals surface area contributed by atoms with Gasteiger partial charge in [0.15, 0.2) is 0 Å². The summed E-state index contributed by atoms with van der Waals surface area (Å²) in [7, 11) is 3.89. The quantitative estimate of drug-likeness (QED) is 0.748. The highest BCUT2D eigenvalue weighted by molar-refractivity contribution is 6.30. The van der Waals surface area contributed by atoms with Gasteiger partial charge in [-0.25, -0.2) is 0 Å². The van der Waals surface area contributed by atoms with Crippen molar-refractivity contribution in [2.45, 2.75) is 13.3 Å². The average molecular weight is 235 g/mol. The van der Waals surface area contributed by atoms with Gasteiger partial charge in [0.1, 0.15) is 6.07 Å². The molecule has 0 fully saturated rings. The van der Waals surface area contributed by atoms with Crippen molar-refractivity contribution in [2.75, 3.05) is 14.1 Å². The van der Waals surface area contributed by atoms with Gasteiger partial charge in [0.05, 0.1) is 5.57 Å². The van der Waals surface area contributed by atoms with Crippen LogP contribution >= 0.6 is 11.6 Å². The van der Waals surface area contributed by atoms with Crippen molar-refractivity contribution in [3.8, 4) is 6.07 Å². The van der Waals surface area contributed by atoms with Crippen LogP contribution in [-0.4, -0.2) is 19.0 Å². The highest BCUT2D eigenvalue weighted by Crippen LogP contribution is 2.23. The van der Waals surface area contributed by atoms with E-state index in [0.29, 0.717) is 10.6 Å². The molecule has 0 atom stereocenters. The number of nitriles is 1. The molecule has 0 saturated heterocycles. The highest BCUT2D eigenvalue weighted by Gasteiger charge is 2.09. The van der Waals surface area contributed by atoms with Crippen LogP contribution in [0.25, 0.3) is 5.57 Å². The van der Waals surface area contributed by atoms with Gasteiger partial charge in [0.2, 0.25) is 0 Å². The first-order valence-electron chi connectivity index (χ1n) is 5.16. The summed E-state index contributed by atoms with van der Waals surface area (Å²) in [4.78, 5) is 1.97. The Balaban J connectivity index is 3.32. The maximum absolute atomic E-state index is 9.24. The number of allylic oxidation sites excluding steroid dienone is 2. The van der Waals surface area contributed by atoms with Crippen molar-refractivity contribution in [3.63, 3.8) is 0 Å². The molecule has 0 unspecified atom stereocenters. The number of halogens is 1. The third-order valence-electron chi connectivity index (χ3n) is 2.39. The van der Waals surface area contributed by atoms with E-state index >= 15 is 0 Å². The summed E-state index contributed by atoms with van der Waals surface area (Å²) in [6.07, 6.45) is 0.822. The second-order valence-corrected chi connectivity index (χ2v) is 4.13. The maximum Gasteiger partial charge on any atom is 0.102 e. The average Bonchev–Trinajstić information content (AvgIpc) is 2.25. The SMILES string of the molecule is CCC(=C(C#N)c1cccc(Cl)c1)N(C)C. The monoisotopic (exact) mass is 234 g/mol. The summed E-state index contributed by atoms with van der Waals surface area (Å²) in [5, 5.41) is 9.90. The molecule has 16 heavy (non-hydrogen) atoms. The first-order valence-corrected chi connectivity index (χ1v) is 5.54. The Morgan fingerprint density at radius 3 is 2.56 bits per heavy atom. The standard InChI is InChI=1S/C13H15ClN2/c1-4-13(16(2)3)12(9-15)10-6-5-7-11(14)8-10/h5-8H,4H2,1-3H3. The van der Waals surface area contributed by atoms with E-state index in [2.05, 4.69) is 6.07 Å². The van der Waals surface area contributed by atoms with Crippen LogP contribution in [0, 0.1) is 11.3 Å².